The molecule has 1 heterocycles. The second-order valence-corrected chi connectivity index (χ2v) is 3.14. The maximum Gasteiger partial charge on any atom is 0.230 e. The maximum atomic E-state index is 11.3. The molecule has 0 spiro atoms. The molecule has 1 atom stereocenters. The Kier molecular flexibility index (Phi) is 3.46. The summed E-state index contributed by atoms with van der Waals surface area (Å²) >= 11 is 4.68. The lowest BCUT2D eigenvalue weighted by atomic mass is 10.2. The van der Waals surface area contributed by atoms with Gasteiger partial charge in [0.2, 0.25) is 5.91 Å². The van der Waals surface area contributed by atoms with Crippen molar-refractivity contribution in [3.63, 3.8) is 0 Å². The van der Waals surface area contributed by atoms with Crippen LogP contribution in [0.4, 0.5) is 0 Å². The highest BCUT2D eigenvalue weighted by Crippen LogP contribution is 1.95. The first-order valence-corrected chi connectivity index (χ1v) is 4.31. The topological polar surface area (TPSA) is 110 Å². The number of tetrazole rings is 1. The average molecular weight is 214 g/mol. The Morgan fingerprint density at radius 3 is 3.00 bits per heavy atom. The van der Waals surface area contributed by atoms with Crippen molar-refractivity contribution in [2.75, 3.05) is 0 Å². The molecule has 0 fully saturated rings. The Bertz CT molecular complexity index is 323. The summed E-state index contributed by atoms with van der Waals surface area (Å²) in [6.45, 7) is 1.84. The molecule has 1 amide bonds. The Hall–Kier alpha value is -1.57. The summed E-state index contributed by atoms with van der Waals surface area (Å²) in [6, 6.07) is 0. The summed E-state index contributed by atoms with van der Waals surface area (Å²) in [6.07, 6.45) is 0. The average Bonchev–Trinajstić information content (AvgIpc) is 2.65. The first kappa shape index (κ1) is 10.5. The van der Waals surface area contributed by atoms with E-state index >= 15 is 0 Å². The molecule has 1 aromatic heterocycles. The molecule has 0 aliphatic carbocycles. The Balaban J connectivity index is 2.39. The van der Waals surface area contributed by atoms with E-state index in [1.165, 1.54) is 0 Å². The molecule has 0 aromatic carbocycles. The second kappa shape index (κ2) is 4.61. The third-order valence-corrected chi connectivity index (χ3v) is 1.98. The summed E-state index contributed by atoms with van der Waals surface area (Å²) < 4.78 is 0. The summed E-state index contributed by atoms with van der Waals surface area (Å²) in [4.78, 5) is 11.5. The fourth-order valence-electron chi connectivity index (χ4n) is 0.706. The van der Waals surface area contributed by atoms with Gasteiger partial charge in [-0.05, 0) is 6.92 Å². The molecule has 0 saturated heterocycles. The number of hydrogen-bond acceptors (Lipinski definition) is 5. The molecule has 0 radical (unpaired) electrons. The van der Waals surface area contributed by atoms with Crippen molar-refractivity contribution in [1.29, 1.82) is 0 Å². The predicted molar refractivity (Wildman–Crippen MR) is 52.0 cm³/mol. The van der Waals surface area contributed by atoms with Crippen LogP contribution in [0.1, 0.15) is 12.7 Å². The molecular formula is C6H10N6OS. The first-order chi connectivity index (χ1) is 6.61. The van der Waals surface area contributed by atoms with Crippen LogP contribution in [0.2, 0.25) is 0 Å². The van der Waals surface area contributed by atoms with Crippen molar-refractivity contribution in [1.82, 2.24) is 25.9 Å². The van der Waals surface area contributed by atoms with Gasteiger partial charge in [-0.15, -0.1) is 10.2 Å². The summed E-state index contributed by atoms with van der Waals surface area (Å²) in [7, 11) is 0. The quantitative estimate of drug-likeness (QED) is 0.539. The zero-order valence-corrected chi connectivity index (χ0v) is 8.34. The van der Waals surface area contributed by atoms with Gasteiger partial charge in [0.05, 0.1) is 17.5 Å². The molecule has 1 aromatic rings. The van der Waals surface area contributed by atoms with Crippen molar-refractivity contribution in [3.05, 3.63) is 5.82 Å². The zero-order chi connectivity index (χ0) is 10.6. The molecule has 1 rings (SSSR count). The molecule has 14 heavy (non-hydrogen) atoms. The number of hydrogen-bond donors (Lipinski definition) is 3. The van der Waals surface area contributed by atoms with E-state index in [1.54, 1.807) is 6.92 Å². The van der Waals surface area contributed by atoms with Gasteiger partial charge in [-0.1, -0.05) is 17.4 Å². The SMILES string of the molecule is CC(C(=O)NCc1nn[nH]n1)C(N)=S. The van der Waals surface area contributed by atoms with E-state index in [0.717, 1.165) is 0 Å². The minimum absolute atomic E-state index is 0.163. The minimum Gasteiger partial charge on any atom is -0.393 e. The highest BCUT2D eigenvalue weighted by molar-refractivity contribution is 7.80. The minimum atomic E-state index is -0.489. The van der Waals surface area contributed by atoms with Crippen molar-refractivity contribution in [2.45, 2.75) is 13.5 Å². The Morgan fingerprint density at radius 1 is 1.79 bits per heavy atom. The summed E-state index contributed by atoms with van der Waals surface area (Å²) in [5.41, 5.74) is 5.31. The van der Waals surface area contributed by atoms with E-state index in [9.17, 15) is 4.79 Å². The monoisotopic (exact) mass is 214 g/mol. The predicted octanol–water partition coefficient (Wildman–Crippen LogP) is -1.26. The lowest BCUT2D eigenvalue weighted by Gasteiger charge is -2.08. The Labute approximate surface area is 85.4 Å². The van der Waals surface area contributed by atoms with E-state index in [0.29, 0.717) is 5.82 Å². The van der Waals surface area contributed by atoms with E-state index in [1.807, 2.05) is 0 Å². The molecule has 1 unspecified atom stereocenters. The standard InChI is InChI=1S/C6H10N6OS/c1-3(5(7)14)6(13)8-2-4-9-11-12-10-4/h3H,2H2,1H3,(H2,7,14)(H,8,13)(H,9,10,11,12). The summed E-state index contributed by atoms with van der Waals surface area (Å²) in [5, 5.41) is 15.5. The lowest BCUT2D eigenvalue weighted by molar-refractivity contribution is -0.122. The van der Waals surface area contributed by atoms with Gasteiger partial charge in [0.15, 0.2) is 5.82 Å². The molecule has 76 valence electrons. The molecule has 0 bridgehead atoms. The van der Waals surface area contributed by atoms with Crippen LogP contribution >= 0.6 is 12.2 Å². The van der Waals surface area contributed by atoms with Gasteiger partial charge in [-0.2, -0.15) is 5.21 Å². The normalized spacial score (nSPS) is 12.1. The van der Waals surface area contributed by atoms with Crippen LogP contribution in [-0.4, -0.2) is 31.5 Å². The number of thiocarbonyl (C=S) groups is 1. The van der Waals surface area contributed by atoms with Gasteiger partial charge in [0, 0.05) is 0 Å². The molecular weight excluding hydrogens is 204 g/mol. The van der Waals surface area contributed by atoms with Crippen molar-refractivity contribution < 1.29 is 4.79 Å². The molecule has 0 aliphatic heterocycles. The number of carbonyl (C=O) groups is 1. The van der Waals surface area contributed by atoms with Crippen LogP contribution in [0.3, 0.4) is 0 Å². The number of nitrogens with one attached hydrogen (secondary N) is 2. The van der Waals surface area contributed by atoms with Gasteiger partial charge in [-0.3, -0.25) is 4.79 Å². The smallest absolute Gasteiger partial charge is 0.230 e. The van der Waals surface area contributed by atoms with E-state index < -0.39 is 5.92 Å². The number of nitrogens with zero attached hydrogens (tertiary/aromatic N) is 3. The van der Waals surface area contributed by atoms with Crippen LogP contribution in [0.15, 0.2) is 0 Å². The number of rotatable bonds is 4. The number of aromatic nitrogens is 4. The number of aromatic amines is 1. The zero-order valence-electron chi connectivity index (χ0n) is 7.52. The van der Waals surface area contributed by atoms with Crippen molar-refractivity contribution >= 4 is 23.1 Å². The van der Waals surface area contributed by atoms with Gasteiger partial charge >= 0.3 is 0 Å². The van der Waals surface area contributed by atoms with E-state index in [2.05, 4.69) is 38.2 Å². The number of H-pyrrole nitrogens is 1. The maximum absolute atomic E-state index is 11.3. The highest BCUT2D eigenvalue weighted by atomic mass is 32.1. The van der Waals surface area contributed by atoms with Crippen LogP contribution < -0.4 is 11.1 Å². The number of carbonyl (C=O) groups excluding carboxylic acids is 1. The molecule has 0 aliphatic rings. The van der Waals surface area contributed by atoms with Crippen molar-refractivity contribution in [2.24, 2.45) is 11.7 Å². The molecule has 7 nitrogen and oxygen atoms in total. The van der Waals surface area contributed by atoms with Gasteiger partial charge in [-0.25, -0.2) is 0 Å². The second-order valence-electron chi connectivity index (χ2n) is 2.67. The van der Waals surface area contributed by atoms with E-state index in [4.69, 9.17) is 5.73 Å². The first-order valence-electron chi connectivity index (χ1n) is 3.90. The van der Waals surface area contributed by atoms with Crippen LogP contribution in [0.5, 0.6) is 0 Å². The van der Waals surface area contributed by atoms with Crippen LogP contribution in [-0.2, 0) is 11.3 Å². The molecule has 8 heteroatoms. The fraction of sp³-hybridized carbons (Fsp3) is 0.500. The fourth-order valence-corrected chi connectivity index (χ4v) is 0.813. The van der Waals surface area contributed by atoms with E-state index in [-0.39, 0.29) is 17.4 Å². The van der Waals surface area contributed by atoms with Gasteiger partial charge < -0.3 is 11.1 Å². The third kappa shape index (κ3) is 2.73. The molecule has 4 N–H and O–H groups in total. The lowest BCUT2D eigenvalue weighted by Crippen LogP contribution is -2.35. The van der Waals surface area contributed by atoms with Crippen LogP contribution in [0.25, 0.3) is 0 Å². The largest absolute Gasteiger partial charge is 0.393 e. The van der Waals surface area contributed by atoms with Crippen LogP contribution in [0, 0.1) is 5.92 Å². The van der Waals surface area contributed by atoms with Crippen molar-refractivity contribution in [3.8, 4) is 0 Å². The highest BCUT2D eigenvalue weighted by Gasteiger charge is 2.15. The van der Waals surface area contributed by atoms with Gasteiger partial charge in [0.1, 0.15) is 0 Å². The summed E-state index contributed by atoms with van der Waals surface area (Å²) in [5.74, 6) is -0.326. The number of amides is 1. The third-order valence-electron chi connectivity index (χ3n) is 1.63. The molecule has 0 saturated carbocycles. The number of nitrogens with two attached hydrogens (primary N) is 1. The van der Waals surface area contributed by atoms with Gasteiger partial charge in [0.25, 0.3) is 0 Å². The Morgan fingerprint density at radius 2 is 2.50 bits per heavy atom.